The summed E-state index contributed by atoms with van der Waals surface area (Å²) in [6.07, 6.45) is 12.2. The molecular weight excluding hydrogens is 296 g/mol. The van der Waals surface area contributed by atoms with E-state index in [4.69, 9.17) is 0 Å². The molecule has 2 nitrogen and oxygen atoms in total. The molecule has 0 aromatic heterocycles. The van der Waals surface area contributed by atoms with Crippen molar-refractivity contribution in [1.29, 1.82) is 0 Å². The molecule has 4 aliphatic rings. The molecular formula is C22H36O2. The Kier molecular flexibility index (Phi) is 4.16. The molecule has 0 aliphatic heterocycles. The summed E-state index contributed by atoms with van der Waals surface area (Å²) in [6, 6.07) is 0. The van der Waals surface area contributed by atoms with Gasteiger partial charge in [0.2, 0.25) is 0 Å². The molecule has 3 fully saturated rings. The fourth-order valence-electron chi connectivity index (χ4n) is 7.82. The van der Waals surface area contributed by atoms with E-state index < -0.39 is 0 Å². The molecule has 0 bridgehead atoms. The first-order chi connectivity index (χ1) is 11.4. The highest BCUT2D eigenvalue weighted by Crippen LogP contribution is 2.67. The van der Waals surface area contributed by atoms with Crippen LogP contribution in [0.15, 0.2) is 11.6 Å². The van der Waals surface area contributed by atoms with Crippen LogP contribution in [0.4, 0.5) is 0 Å². The zero-order chi connectivity index (χ0) is 17.1. The third-order valence-corrected chi connectivity index (χ3v) is 9.10. The Hall–Kier alpha value is -0.340. The standard InChI is InChI=1S/C22H36O2/c1-14(13-23)16-7-8-17-20-18(9-11-22(16,17)3)21(2)10-5-4-6-15(21)12-19(20)24/h6,14,16-20,23-24H,4-5,7-13H2,1-3H3/t14?,16-,17+,18+,19-,20+,21+,22-/m1/s1. The van der Waals surface area contributed by atoms with Crippen molar-refractivity contribution >= 4 is 0 Å². The van der Waals surface area contributed by atoms with Gasteiger partial charge >= 0.3 is 0 Å². The highest BCUT2D eigenvalue weighted by Gasteiger charge is 2.61. The topological polar surface area (TPSA) is 40.5 Å². The van der Waals surface area contributed by atoms with Crippen LogP contribution in [0.25, 0.3) is 0 Å². The predicted octanol–water partition coefficient (Wildman–Crippen LogP) is 4.55. The Labute approximate surface area is 147 Å². The summed E-state index contributed by atoms with van der Waals surface area (Å²) in [4.78, 5) is 0. The van der Waals surface area contributed by atoms with Crippen LogP contribution in [0.3, 0.4) is 0 Å². The Morgan fingerprint density at radius 1 is 1.17 bits per heavy atom. The van der Waals surface area contributed by atoms with Gasteiger partial charge in [-0.05, 0) is 91.8 Å². The molecule has 1 unspecified atom stereocenters. The highest BCUT2D eigenvalue weighted by molar-refractivity contribution is 5.25. The Bertz CT molecular complexity index is 526. The molecule has 136 valence electrons. The second kappa shape index (κ2) is 5.84. The summed E-state index contributed by atoms with van der Waals surface area (Å²) in [5.41, 5.74) is 2.25. The van der Waals surface area contributed by atoms with E-state index in [9.17, 15) is 10.2 Å². The Balaban J connectivity index is 1.67. The van der Waals surface area contributed by atoms with Crippen LogP contribution in [0.1, 0.15) is 72.1 Å². The number of allylic oxidation sites excluding steroid dienone is 1. The smallest absolute Gasteiger partial charge is 0.0611 e. The minimum absolute atomic E-state index is 0.139. The molecule has 2 heteroatoms. The Morgan fingerprint density at radius 3 is 2.71 bits per heavy atom. The van der Waals surface area contributed by atoms with E-state index in [-0.39, 0.29) is 6.10 Å². The van der Waals surface area contributed by atoms with Crippen molar-refractivity contribution in [3.05, 3.63) is 11.6 Å². The van der Waals surface area contributed by atoms with Gasteiger partial charge in [0.05, 0.1) is 6.10 Å². The first-order valence-corrected chi connectivity index (χ1v) is 10.4. The van der Waals surface area contributed by atoms with Crippen LogP contribution in [0.5, 0.6) is 0 Å². The molecule has 3 saturated carbocycles. The number of rotatable bonds is 2. The molecule has 24 heavy (non-hydrogen) atoms. The summed E-state index contributed by atoms with van der Waals surface area (Å²) < 4.78 is 0. The van der Waals surface area contributed by atoms with Crippen molar-refractivity contribution in [1.82, 2.24) is 0 Å². The van der Waals surface area contributed by atoms with Crippen LogP contribution in [-0.4, -0.2) is 22.9 Å². The van der Waals surface area contributed by atoms with Crippen molar-refractivity contribution in [2.45, 2.75) is 78.2 Å². The van der Waals surface area contributed by atoms with Gasteiger partial charge in [-0.1, -0.05) is 32.4 Å². The predicted molar refractivity (Wildman–Crippen MR) is 97.4 cm³/mol. The van der Waals surface area contributed by atoms with Gasteiger partial charge < -0.3 is 10.2 Å². The van der Waals surface area contributed by atoms with Gasteiger partial charge in [-0.15, -0.1) is 0 Å². The van der Waals surface area contributed by atoms with Gasteiger partial charge in [-0.3, -0.25) is 0 Å². The molecule has 0 heterocycles. The maximum atomic E-state index is 11.1. The molecule has 0 aromatic carbocycles. The number of aliphatic hydroxyl groups excluding tert-OH is 2. The van der Waals surface area contributed by atoms with E-state index >= 15 is 0 Å². The van der Waals surface area contributed by atoms with Crippen LogP contribution in [0.2, 0.25) is 0 Å². The summed E-state index contributed by atoms with van der Waals surface area (Å²) in [6.45, 7) is 7.53. The van der Waals surface area contributed by atoms with Crippen LogP contribution in [-0.2, 0) is 0 Å². The maximum Gasteiger partial charge on any atom is 0.0611 e. The monoisotopic (exact) mass is 332 g/mol. The van der Waals surface area contributed by atoms with E-state index in [1.165, 1.54) is 44.9 Å². The number of hydrogen-bond donors (Lipinski definition) is 2. The van der Waals surface area contributed by atoms with Crippen molar-refractivity contribution in [2.75, 3.05) is 6.61 Å². The lowest BCUT2D eigenvalue weighted by atomic mass is 9.46. The van der Waals surface area contributed by atoms with E-state index in [2.05, 4.69) is 26.8 Å². The van der Waals surface area contributed by atoms with E-state index in [0.717, 1.165) is 6.42 Å². The second-order valence-corrected chi connectivity index (χ2v) is 9.99. The highest BCUT2D eigenvalue weighted by atomic mass is 16.3. The van der Waals surface area contributed by atoms with E-state index in [1.54, 1.807) is 5.57 Å². The Morgan fingerprint density at radius 2 is 1.96 bits per heavy atom. The first kappa shape index (κ1) is 17.1. The number of aliphatic hydroxyl groups is 2. The largest absolute Gasteiger partial charge is 0.396 e. The molecule has 8 atom stereocenters. The summed E-state index contributed by atoms with van der Waals surface area (Å²) in [7, 11) is 0. The third kappa shape index (κ3) is 2.21. The van der Waals surface area contributed by atoms with Gasteiger partial charge in [0, 0.05) is 6.61 Å². The van der Waals surface area contributed by atoms with Crippen LogP contribution >= 0.6 is 0 Å². The van der Waals surface area contributed by atoms with Gasteiger partial charge in [-0.2, -0.15) is 0 Å². The third-order valence-electron chi connectivity index (χ3n) is 9.10. The van der Waals surface area contributed by atoms with Crippen molar-refractivity contribution < 1.29 is 10.2 Å². The van der Waals surface area contributed by atoms with E-state index in [0.29, 0.717) is 47.0 Å². The normalized spacial score (nSPS) is 52.0. The fraction of sp³-hybridized carbons (Fsp3) is 0.909. The summed E-state index contributed by atoms with van der Waals surface area (Å²) in [5, 5.41) is 20.8. The van der Waals surface area contributed by atoms with Crippen LogP contribution in [0, 0.1) is 40.4 Å². The number of fused-ring (bicyclic) bond motifs is 5. The van der Waals surface area contributed by atoms with Gasteiger partial charge in [0.1, 0.15) is 0 Å². The average Bonchev–Trinajstić information content (AvgIpc) is 2.92. The van der Waals surface area contributed by atoms with Gasteiger partial charge in [0.15, 0.2) is 0 Å². The lowest BCUT2D eigenvalue weighted by molar-refractivity contribution is -0.114. The second-order valence-electron chi connectivity index (χ2n) is 9.99. The van der Waals surface area contributed by atoms with E-state index in [1.807, 2.05) is 0 Å². The summed E-state index contributed by atoms with van der Waals surface area (Å²) in [5.74, 6) is 2.86. The quantitative estimate of drug-likeness (QED) is 0.728. The van der Waals surface area contributed by atoms with Crippen LogP contribution < -0.4 is 0 Å². The first-order valence-electron chi connectivity index (χ1n) is 10.4. The van der Waals surface area contributed by atoms with Crippen molar-refractivity contribution in [3.63, 3.8) is 0 Å². The minimum atomic E-state index is -0.139. The molecule has 0 amide bonds. The van der Waals surface area contributed by atoms with Gasteiger partial charge in [-0.25, -0.2) is 0 Å². The molecule has 4 rings (SSSR count). The summed E-state index contributed by atoms with van der Waals surface area (Å²) >= 11 is 0. The number of hydrogen-bond acceptors (Lipinski definition) is 2. The average molecular weight is 333 g/mol. The molecule has 4 aliphatic carbocycles. The van der Waals surface area contributed by atoms with Crippen molar-refractivity contribution in [3.8, 4) is 0 Å². The lowest BCUT2D eigenvalue weighted by Crippen LogP contribution is -2.55. The molecule has 0 spiro atoms. The molecule has 0 radical (unpaired) electrons. The minimum Gasteiger partial charge on any atom is -0.396 e. The maximum absolute atomic E-state index is 11.1. The SMILES string of the molecule is CC(CO)[C@H]1CC[C@H]2[C@@H]3[C@H](O)CC4=CCCC[C@]4(C)[C@H]3CC[C@]12C. The zero-order valence-electron chi connectivity index (χ0n) is 15.8. The lowest BCUT2D eigenvalue weighted by Gasteiger charge is -2.60. The van der Waals surface area contributed by atoms with Gasteiger partial charge in [0.25, 0.3) is 0 Å². The molecule has 2 N–H and O–H groups in total. The fourth-order valence-corrected chi connectivity index (χ4v) is 7.82. The molecule has 0 saturated heterocycles. The van der Waals surface area contributed by atoms with Crippen molar-refractivity contribution in [2.24, 2.45) is 40.4 Å². The molecule has 0 aromatic rings. The zero-order valence-corrected chi connectivity index (χ0v) is 15.8.